The van der Waals surface area contributed by atoms with Gasteiger partial charge in [-0.1, -0.05) is 12.1 Å². The minimum atomic E-state index is 0.653. The summed E-state index contributed by atoms with van der Waals surface area (Å²) in [7, 11) is 1.69. The van der Waals surface area contributed by atoms with Gasteiger partial charge in [-0.05, 0) is 19.1 Å². The number of methoxy groups -OCH3 is 1. The number of hydrogen-bond acceptors (Lipinski definition) is 5. The lowest BCUT2D eigenvalue weighted by atomic mass is 10.1. The van der Waals surface area contributed by atoms with E-state index < -0.39 is 0 Å². The number of ether oxygens (including phenoxy) is 2. The van der Waals surface area contributed by atoms with Crippen molar-refractivity contribution in [2.75, 3.05) is 32.2 Å². The Morgan fingerprint density at radius 3 is 2.95 bits per heavy atom. The predicted molar refractivity (Wildman–Crippen MR) is 79.1 cm³/mol. The van der Waals surface area contributed by atoms with E-state index in [1.54, 1.807) is 18.4 Å². The van der Waals surface area contributed by atoms with Crippen molar-refractivity contribution in [2.24, 2.45) is 0 Å². The maximum absolute atomic E-state index is 5.62. The lowest BCUT2D eigenvalue weighted by molar-refractivity contribution is 0.211. The third-order valence-electron chi connectivity index (χ3n) is 2.55. The zero-order chi connectivity index (χ0) is 13.5. The Morgan fingerprint density at radius 2 is 2.16 bits per heavy atom. The molecule has 1 aromatic heterocycles. The molecular formula is C14H18N2O2S. The van der Waals surface area contributed by atoms with Crippen LogP contribution in [-0.2, 0) is 4.74 Å². The minimum absolute atomic E-state index is 0.653. The number of aromatic nitrogens is 1. The van der Waals surface area contributed by atoms with E-state index in [4.69, 9.17) is 9.47 Å². The number of nitrogens with one attached hydrogen (secondary N) is 1. The van der Waals surface area contributed by atoms with Crippen LogP contribution >= 0.6 is 11.3 Å². The highest BCUT2D eigenvalue weighted by atomic mass is 32.1. The zero-order valence-electron chi connectivity index (χ0n) is 11.2. The summed E-state index contributed by atoms with van der Waals surface area (Å²) in [6, 6.07) is 7.96. The van der Waals surface area contributed by atoms with Crippen LogP contribution in [0.3, 0.4) is 0 Å². The molecule has 0 saturated heterocycles. The second kappa shape index (κ2) is 7.11. The molecule has 102 valence electrons. The maximum Gasteiger partial charge on any atom is 0.183 e. The summed E-state index contributed by atoms with van der Waals surface area (Å²) in [6.45, 7) is 4.07. The topological polar surface area (TPSA) is 43.4 Å². The Kier molecular flexibility index (Phi) is 5.18. The van der Waals surface area contributed by atoms with Crippen molar-refractivity contribution >= 4 is 16.5 Å². The van der Waals surface area contributed by atoms with Gasteiger partial charge in [0.25, 0.3) is 0 Å². The van der Waals surface area contributed by atoms with E-state index in [2.05, 4.69) is 10.3 Å². The minimum Gasteiger partial charge on any atom is -0.493 e. The molecule has 1 aromatic carbocycles. The van der Waals surface area contributed by atoms with Crippen molar-refractivity contribution in [1.29, 1.82) is 0 Å². The van der Waals surface area contributed by atoms with Crippen LogP contribution in [0.2, 0.25) is 0 Å². The smallest absolute Gasteiger partial charge is 0.183 e. The number of para-hydroxylation sites is 1. The molecule has 5 heteroatoms. The molecule has 0 radical (unpaired) electrons. The Bertz CT molecular complexity index is 514. The maximum atomic E-state index is 5.62. The molecule has 0 aliphatic rings. The zero-order valence-corrected chi connectivity index (χ0v) is 12.0. The molecular weight excluding hydrogens is 260 g/mol. The number of thiazole rings is 1. The van der Waals surface area contributed by atoms with Gasteiger partial charge in [0.15, 0.2) is 5.13 Å². The van der Waals surface area contributed by atoms with Crippen molar-refractivity contribution < 1.29 is 9.47 Å². The Balaban J connectivity index is 2.13. The molecule has 0 bridgehead atoms. The predicted octanol–water partition coefficient (Wildman–Crippen LogP) is 3.27. The fourth-order valence-electron chi connectivity index (χ4n) is 1.70. The Hall–Kier alpha value is -1.59. The number of nitrogens with zero attached hydrogens (tertiary/aromatic N) is 1. The van der Waals surface area contributed by atoms with Gasteiger partial charge in [0.05, 0.1) is 18.9 Å². The molecule has 19 heavy (non-hydrogen) atoms. The molecule has 1 heterocycles. The highest BCUT2D eigenvalue weighted by Gasteiger charge is 2.09. The van der Waals surface area contributed by atoms with Crippen LogP contribution in [0.5, 0.6) is 5.75 Å². The van der Waals surface area contributed by atoms with Crippen LogP contribution in [0, 0.1) is 0 Å². The van der Waals surface area contributed by atoms with Gasteiger partial charge < -0.3 is 14.8 Å². The number of hydrogen-bond donors (Lipinski definition) is 1. The van der Waals surface area contributed by atoms with Crippen molar-refractivity contribution in [3.63, 3.8) is 0 Å². The van der Waals surface area contributed by atoms with Gasteiger partial charge >= 0.3 is 0 Å². The molecule has 0 amide bonds. The average molecular weight is 278 g/mol. The first kappa shape index (κ1) is 13.8. The van der Waals surface area contributed by atoms with Crippen molar-refractivity contribution in [3.8, 4) is 17.0 Å². The first-order chi connectivity index (χ1) is 9.35. The van der Waals surface area contributed by atoms with E-state index in [-0.39, 0.29) is 0 Å². The van der Waals surface area contributed by atoms with E-state index in [1.807, 2.05) is 36.6 Å². The quantitative estimate of drug-likeness (QED) is 0.789. The number of anilines is 1. The van der Waals surface area contributed by atoms with Crippen LogP contribution < -0.4 is 10.1 Å². The first-order valence-electron chi connectivity index (χ1n) is 6.25. The van der Waals surface area contributed by atoms with Crippen molar-refractivity contribution in [3.05, 3.63) is 29.6 Å². The van der Waals surface area contributed by atoms with Gasteiger partial charge in [0.1, 0.15) is 5.75 Å². The van der Waals surface area contributed by atoms with Gasteiger partial charge in [0.2, 0.25) is 0 Å². The molecule has 0 spiro atoms. The van der Waals surface area contributed by atoms with Crippen molar-refractivity contribution in [2.45, 2.75) is 6.92 Å². The van der Waals surface area contributed by atoms with E-state index in [0.717, 1.165) is 28.7 Å². The molecule has 0 aliphatic carbocycles. The second-order valence-electron chi connectivity index (χ2n) is 3.89. The lowest BCUT2D eigenvalue weighted by Crippen LogP contribution is -2.07. The lowest BCUT2D eigenvalue weighted by Gasteiger charge is -2.07. The Labute approximate surface area is 117 Å². The van der Waals surface area contributed by atoms with Crippen LogP contribution in [0.15, 0.2) is 29.6 Å². The standard InChI is InChI=1S/C14H18N2O2S/c1-3-18-13-7-5-4-6-11(13)12-10-19-14(16-12)15-8-9-17-2/h4-7,10H,3,8-9H2,1-2H3,(H,15,16). The molecule has 0 atom stereocenters. The molecule has 2 rings (SSSR count). The largest absolute Gasteiger partial charge is 0.493 e. The molecule has 2 aromatic rings. The molecule has 0 fully saturated rings. The second-order valence-corrected chi connectivity index (χ2v) is 4.74. The first-order valence-corrected chi connectivity index (χ1v) is 7.13. The summed E-state index contributed by atoms with van der Waals surface area (Å²) in [5.41, 5.74) is 1.97. The molecule has 4 nitrogen and oxygen atoms in total. The van der Waals surface area contributed by atoms with Crippen LogP contribution in [-0.4, -0.2) is 31.9 Å². The summed E-state index contributed by atoms with van der Waals surface area (Å²) >= 11 is 1.59. The van der Waals surface area contributed by atoms with Gasteiger partial charge in [-0.15, -0.1) is 11.3 Å². The molecule has 1 N–H and O–H groups in total. The van der Waals surface area contributed by atoms with Gasteiger partial charge in [-0.25, -0.2) is 4.98 Å². The third kappa shape index (κ3) is 3.68. The van der Waals surface area contributed by atoms with E-state index >= 15 is 0 Å². The Morgan fingerprint density at radius 1 is 1.32 bits per heavy atom. The summed E-state index contributed by atoms with van der Waals surface area (Å²) in [4.78, 5) is 4.57. The highest BCUT2D eigenvalue weighted by molar-refractivity contribution is 7.14. The highest BCUT2D eigenvalue weighted by Crippen LogP contribution is 2.31. The molecule has 0 aliphatic heterocycles. The van der Waals surface area contributed by atoms with Gasteiger partial charge in [0, 0.05) is 24.6 Å². The molecule has 0 unspecified atom stereocenters. The third-order valence-corrected chi connectivity index (χ3v) is 3.35. The fraction of sp³-hybridized carbons (Fsp3) is 0.357. The molecule has 0 saturated carbocycles. The van der Waals surface area contributed by atoms with E-state index in [9.17, 15) is 0 Å². The average Bonchev–Trinajstić information content (AvgIpc) is 2.89. The summed E-state index contributed by atoms with van der Waals surface area (Å²) in [5.74, 6) is 0.874. The summed E-state index contributed by atoms with van der Waals surface area (Å²) in [6.07, 6.45) is 0. The normalized spacial score (nSPS) is 10.4. The van der Waals surface area contributed by atoms with E-state index in [0.29, 0.717) is 13.2 Å². The van der Waals surface area contributed by atoms with Crippen LogP contribution in [0.4, 0.5) is 5.13 Å². The fourth-order valence-corrected chi connectivity index (χ4v) is 2.44. The van der Waals surface area contributed by atoms with Gasteiger partial charge in [-0.3, -0.25) is 0 Å². The van der Waals surface area contributed by atoms with Crippen LogP contribution in [0.1, 0.15) is 6.92 Å². The summed E-state index contributed by atoms with van der Waals surface area (Å²) < 4.78 is 10.6. The van der Waals surface area contributed by atoms with E-state index in [1.165, 1.54) is 0 Å². The number of rotatable bonds is 7. The SMILES string of the molecule is CCOc1ccccc1-c1csc(NCCOC)n1. The van der Waals surface area contributed by atoms with Gasteiger partial charge in [-0.2, -0.15) is 0 Å². The van der Waals surface area contributed by atoms with Crippen LogP contribution in [0.25, 0.3) is 11.3 Å². The summed E-state index contributed by atoms with van der Waals surface area (Å²) in [5, 5.41) is 6.16. The van der Waals surface area contributed by atoms with Crippen molar-refractivity contribution in [1.82, 2.24) is 4.98 Å². The monoisotopic (exact) mass is 278 g/mol. The number of benzene rings is 1.